The second-order valence-corrected chi connectivity index (χ2v) is 6.55. The molecule has 0 radical (unpaired) electrons. The van der Waals surface area contributed by atoms with Crippen LogP contribution in [0.5, 0.6) is 0 Å². The molecule has 0 spiro atoms. The summed E-state index contributed by atoms with van der Waals surface area (Å²) in [5.41, 5.74) is 9.80. The number of carbonyl (C=O) groups is 1. The number of nitrogens with two attached hydrogens (primary N) is 1. The van der Waals surface area contributed by atoms with Gasteiger partial charge in [0.15, 0.2) is 0 Å². The molecule has 130 valence electrons. The lowest BCUT2D eigenvalue weighted by Gasteiger charge is -2.15. The molecule has 0 aliphatic carbocycles. The van der Waals surface area contributed by atoms with Gasteiger partial charge in [-0.15, -0.1) is 12.4 Å². The Morgan fingerprint density at radius 1 is 0.958 bits per heavy atom. The molecule has 0 aromatic heterocycles. The van der Waals surface area contributed by atoms with Crippen LogP contribution in [-0.4, -0.2) is 5.91 Å². The van der Waals surface area contributed by atoms with Crippen LogP contribution in [0.4, 0.5) is 5.69 Å². The fourth-order valence-electron chi connectivity index (χ4n) is 2.61. The summed E-state index contributed by atoms with van der Waals surface area (Å²) in [7, 11) is 0. The monoisotopic (exact) mass is 346 g/mol. The Morgan fingerprint density at radius 2 is 1.50 bits per heavy atom. The zero-order valence-corrected chi connectivity index (χ0v) is 15.4. The van der Waals surface area contributed by atoms with Gasteiger partial charge >= 0.3 is 0 Å². The number of amides is 1. The number of halogens is 1. The molecule has 1 unspecified atom stereocenters. The molecule has 1 amide bonds. The fourth-order valence-corrected chi connectivity index (χ4v) is 2.61. The van der Waals surface area contributed by atoms with Crippen molar-refractivity contribution in [1.82, 2.24) is 5.32 Å². The fraction of sp³-hybridized carbons (Fsp3) is 0.350. The van der Waals surface area contributed by atoms with E-state index < -0.39 is 0 Å². The van der Waals surface area contributed by atoms with Crippen molar-refractivity contribution in [2.24, 2.45) is 5.92 Å². The Bertz CT molecular complexity index is 636. The Labute approximate surface area is 151 Å². The second kappa shape index (κ2) is 9.33. The SMILES string of the molecule is CC(C)Cc1ccc(C(C)NC(=O)Cc2ccc(N)cc2)cc1.Cl. The summed E-state index contributed by atoms with van der Waals surface area (Å²) in [6.45, 7) is 6.44. The second-order valence-electron chi connectivity index (χ2n) is 6.55. The smallest absolute Gasteiger partial charge is 0.224 e. The van der Waals surface area contributed by atoms with Crippen LogP contribution in [0.1, 0.15) is 43.5 Å². The molecule has 4 heteroatoms. The lowest BCUT2D eigenvalue weighted by molar-refractivity contribution is -0.121. The van der Waals surface area contributed by atoms with Crippen LogP contribution < -0.4 is 11.1 Å². The number of anilines is 1. The van der Waals surface area contributed by atoms with Crippen molar-refractivity contribution in [3.8, 4) is 0 Å². The Morgan fingerprint density at radius 3 is 2.04 bits per heavy atom. The van der Waals surface area contributed by atoms with E-state index in [2.05, 4.69) is 43.4 Å². The normalized spacial score (nSPS) is 11.7. The van der Waals surface area contributed by atoms with Crippen molar-refractivity contribution < 1.29 is 4.79 Å². The molecule has 0 aliphatic rings. The summed E-state index contributed by atoms with van der Waals surface area (Å²) in [4.78, 5) is 12.2. The van der Waals surface area contributed by atoms with E-state index in [1.54, 1.807) is 0 Å². The number of nitrogen functional groups attached to an aromatic ring is 1. The summed E-state index contributed by atoms with van der Waals surface area (Å²) in [6.07, 6.45) is 1.45. The molecule has 2 aromatic rings. The predicted molar refractivity (Wildman–Crippen MR) is 103 cm³/mol. The molecule has 2 rings (SSSR count). The molecule has 24 heavy (non-hydrogen) atoms. The number of benzene rings is 2. The first-order valence-corrected chi connectivity index (χ1v) is 8.16. The zero-order valence-electron chi connectivity index (χ0n) is 14.6. The first kappa shape index (κ1) is 20.0. The van der Waals surface area contributed by atoms with Gasteiger partial charge in [0.1, 0.15) is 0 Å². The van der Waals surface area contributed by atoms with Crippen molar-refractivity contribution >= 4 is 24.0 Å². The van der Waals surface area contributed by atoms with Gasteiger partial charge in [-0.3, -0.25) is 4.79 Å². The van der Waals surface area contributed by atoms with Crippen LogP contribution in [0.2, 0.25) is 0 Å². The molecule has 0 bridgehead atoms. The quantitative estimate of drug-likeness (QED) is 0.766. The van der Waals surface area contributed by atoms with Crippen molar-refractivity contribution in [2.45, 2.75) is 39.7 Å². The van der Waals surface area contributed by atoms with E-state index in [1.807, 2.05) is 31.2 Å². The number of hydrogen-bond donors (Lipinski definition) is 2. The standard InChI is InChI=1S/C20H26N2O.ClH/c1-14(2)12-16-4-8-18(9-5-16)15(3)22-20(23)13-17-6-10-19(21)11-7-17;/h4-11,14-15H,12-13,21H2,1-3H3,(H,22,23);1H. The highest BCUT2D eigenvalue weighted by Gasteiger charge is 2.10. The molecule has 0 saturated carbocycles. The maximum atomic E-state index is 12.2. The molecular formula is C20H27ClN2O. The molecule has 0 saturated heterocycles. The third kappa shape index (κ3) is 6.25. The maximum Gasteiger partial charge on any atom is 0.224 e. The summed E-state index contributed by atoms with van der Waals surface area (Å²) >= 11 is 0. The molecular weight excluding hydrogens is 320 g/mol. The van der Waals surface area contributed by atoms with E-state index in [4.69, 9.17) is 5.73 Å². The van der Waals surface area contributed by atoms with Crippen molar-refractivity contribution in [1.29, 1.82) is 0 Å². The summed E-state index contributed by atoms with van der Waals surface area (Å²) in [5, 5.41) is 3.05. The van der Waals surface area contributed by atoms with Crippen LogP contribution in [0.25, 0.3) is 0 Å². The van der Waals surface area contributed by atoms with E-state index in [0.29, 0.717) is 18.0 Å². The van der Waals surface area contributed by atoms with Gasteiger partial charge in [-0.1, -0.05) is 50.2 Å². The Balaban J connectivity index is 0.00000288. The van der Waals surface area contributed by atoms with Gasteiger partial charge in [0.25, 0.3) is 0 Å². The van der Waals surface area contributed by atoms with Crippen molar-refractivity contribution in [2.75, 3.05) is 5.73 Å². The predicted octanol–water partition coefficient (Wildman–Crippen LogP) is 4.31. The van der Waals surface area contributed by atoms with E-state index >= 15 is 0 Å². The summed E-state index contributed by atoms with van der Waals surface area (Å²) in [5.74, 6) is 0.673. The highest BCUT2D eigenvalue weighted by molar-refractivity contribution is 5.85. The highest BCUT2D eigenvalue weighted by atomic mass is 35.5. The minimum atomic E-state index is 0. The first-order chi connectivity index (χ1) is 10.9. The molecule has 1 atom stereocenters. The van der Waals surface area contributed by atoms with Gasteiger partial charge in [-0.05, 0) is 48.1 Å². The van der Waals surface area contributed by atoms with E-state index in [0.717, 1.165) is 17.5 Å². The molecule has 2 aromatic carbocycles. The lowest BCUT2D eigenvalue weighted by atomic mass is 10.00. The Hall–Kier alpha value is -2.00. The average molecular weight is 347 g/mol. The van der Waals surface area contributed by atoms with E-state index in [9.17, 15) is 4.79 Å². The molecule has 3 N–H and O–H groups in total. The molecule has 0 aliphatic heterocycles. The minimum absolute atomic E-state index is 0. The maximum absolute atomic E-state index is 12.2. The van der Waals surface area contributed by atoms with Gasteiger partial charge < -0.3 is 11.1 Å². The van der Waals surface area contributed by atoms with Crippen LogP contribution >= 0.6 is 12.4 Å². The number of nitrogens with one attached hydrogen (secondary N) is 1. The Kier molecular flexibility index (Phi) is 7.80. The van der Waals surface area contributed by atoms with Crippen molar-refractivity contribution in [3.63, 3.8) is 0 Å². The lowest BCUT2D eigenvalue weighted by Crippen LogP contribution is -2.28. The van der Waals surface area contributed by atoms with E-state index in [1.165, 1.54) is 5.56 Å². The number of carbonyl (C=O) groups excluding carboxylic acids is 1. The van der Waals surface area contributed by atoms with Gasteiger partial charge in [-0.25, -0.2) is 0 Å². The topological polar surface area (TPSA) is 55.1 Å². The third-order valence-electron chi connectivity index (χ3n) is 3.85. The number of hydrogen-bond acceptors (Lipinski definition) is 2. The van der Waals surface area contributed by atoms with Gasteiger partial charge in [-0.2, -0.15) is 0 Å². The minimum Gasteiger partial charge on any atom is -0.399 e. The van der Waals surface area contributed by atoms with Crippen LogP contribution in [0.3, 0.4) is 0 Å². The van der Waals surface area contributed by atoms with Crippen LogP contribution in [0.15, 0.2) is 48.5 Å². The molecule has 0 fully saturated rings. The van der Waals surface area contributed by atoms with Crippen molar-refractivity contribution in [3.05, 3.63) is 65.2 Å². The van der Waals surface area contributed by atoms with Crippen LogP contribution in [0, 0.1) is 5.92 Å². The molecule has 0 heterocycles. The van der Waals surface area contributed by atoms with Gasteiger partial charge in [0, 0.05) is 5.69 Å². The summed E-state index contributed by atoms with van der Waals surface area (Å²) in [6, 6.07) is 15.9. The van der Waals surface area contributed by atoms with Crippen LogP contribution in [-0.2, 0) is 17.6 Å². The average Bonchev–Trinajstić information content (AvgIpc) is 2.49. The van der Waals surface area contributed by atoms with Gasteiger partial charge in [0.05, 0.1) is 12.5 Å². The number of rotatable bonds is 6. The van der Waals surface area contributed by atoms with Gasteiger partial charge in [0.2, 0.25) is 5.91 Å². The highest BCUT2D eigenvalue weighted by Crippen LogP contribution is 2.16. The largest absolute Gasteiger partial charge is 0.399 e. The zero-order chi connectivity index (χ0) is 16.8. The summed E-state index contributed by atoms with van der Waals surface area (Å²) < 4.78 is 0. The first-order valence-electron chi connectivity index (χ1n) is 8.16. The third-order valence-corrected chi connectivity index (χ3v) is 3.85. The van der Waals surface area contributed by atoms with E-state index in [-0.39, 0.29) is 24.4 Å². The molecule has 3 nitrogen and oxygen atoms in total.